The Labute approximate surface area is 123 Å². The molecule has 0 aliphatic heterocycles. The van der Waals surface area contributed by atoms with E-state index < -0.39 is 0 Å². The summed E-state index contributed by atoms with van der Waals surface area (Å²) in [6.07, 6.45) is 3.96. The fraction of sp³-hybridized carbons (Fsp3) is 0.357. The summed E-state index contributed by atoms with van der Waals surface area (Å²) in [6, 6.07) is 1.84. The fourth-order valence-corrected chi connectivity index (χ4v) is 1.76. The van der Waals surface area contributed by atoms with Gasteiger partial charge >= 0.3 is 0 Å². The highest BCUT2D eigenvalue weighted by Gasteiger charge is 2.11. The first-order valence-corrected chi connectivity index (χ1v) is 6.78. The van der Waals surface area contributed by atoms with E-state index in [4.69, 9.17) is 0 Å². The molecule has 2 aromatic rings. The number of aromatic nitrogens is 4. The van der Waals surface area contributed by atoms with Crippen molar-refractivity contribution >= 4 is 17.7 Å². The van der Waals surface area contributed by atoms with Crippen LogP contribution in [0.15, 0.2) is 18.5 Å². The number of nitrogens with zero attached hydrogens (tertiary/aromatic N) is 4. The summed E-state index contributed by atoms with van der Waals surface area (Å²) >= 11 is 0. The third-order valence-corrected chi connectivity index (χ3v) is 2.63. The van der Waals surface area contributed by atoms with E-state index in [1.54, 1.807) is 6.20 Å². The lowest BCUT2D eigenvalue weighted by Crippen LogP contribution is -2.17. The minimum Gasteiger partial charge on any atom is -0.369 e. The van der Waals surface area contributed by atoms with Gasteiger partial charge in [0.2, 0.25) is 5.95 Å². The van der Waals surface area contributed by atoms with Gasteiger partial charge in [0.15, 0.2) is 0 Å². The Bertz CT molecular complexity index is 623. The number of hydrogen-bond acceptors (Lipinski definition) is 6. The Balaban J connectivity index is 2.12. The zero-order chi connectivity index (χ0) is 15.2. The smallest absolute Gasteiger partial charge is 0.278 e. The highest BCUT2D eigenvalue weighted by molar-refractivity contribution is 6.01. The molecule has 0 aliphatic carbocycles. The van der Waals surface area contributed by atoms with Crippen molar-refractivity contribution in [2.24, 2.45) is 0 Å². The molecule has 0 bridgehead atoms. The van der Waals surface area contributed by atoms with Crippen LogP contribution in [-0.2, 0) is 0 Å². The number of rotatable bonds is 5. The van der Waals surface area contributed by atoms with E-state index in [0.29, 0.717) is 5.82 Å². The second kappa shape index (κ2) is 6.74. The van der Waals surface area contributed by atoms with Gasteiger partial charge < -0.3 is 5.32 Å². The van der Waals surface area contributed by atoms with Crippen LogP contribution < -0.4 is 10.6 Å². The van der Waals surface area contributed by atoms with Crippen LogP contribution in [0.3, 0.4) is 0 Å². The van der Waals surface area contributed by atoms with Gasteiger partial charge in [0.05, 0.1) is 12.4 Å². The number of hydrogen-bond donors (Lipinski definition) is 2. The molecule has 0 saturated heterocycles. The maximum atomic E-state index is 12.1. The first kappa shape index (κ1) is 14.8. The van der Waals surface area contributed by atoms with Gasteiger partial charge in [-0.05, 0) is 26.3 Å². The van der Waals surface area contributed by atoms with Crippen molar-refractivity contribution in [1.82, 2.24) is 19.9 Å². The van der Waals surface area contributed by atoms with E-state index in [0.717, 1.165) is 24.4 Å². The molecule has 2 heterocycles. The van der Waals surface area contributed by atoms with Crippen LogP contribution in [0.2, 0.25) is 0 Å². The minimum atomic E-state index is -0.382. The lowest BCUT2D eigenvalue weighted by molar-refractivity contribution is 0.102. The van der Waals surface area contributed by atoms with Crippen LogP contribution >= 0.6 is 0 Å². The predicted octanol–water partition coefficient (Wildman–Crippen LogP) is 1.96. The van der Waals surface area contributed by atoms with Crippen LogP contribution in [0, 0.1) is 13.8 Å². The second-order valence-corrected chi connectivity index (χ2v) is 4.64. The van der Waals surface area contributed by atoms with Crippen LogP contribution in [0.25, 0.3) is 0 Å². The van der Waals surface area contributed by atoms with Crippen LogP contribution in [0.1, 0.15) is 35.2 Å². The SMILES string of the molecule is CCCNc1cncc(C(=O)Nc2nc(C)cc(C)n2)n1. The Kier molecular flexibility index (Phi) is 4.76. The molecule has 0 spiro atoms. The molecular formula is C14H18N6O. The van der Waals surface area contributed by atoms with E-state index in [1.807, 2.05) is 26.8 Å². The highest BCUT2D eigenvalue weighted by Crippen LogP contribution is 2.07. The number of amides is 1. The monoisotopic (exact) mass is 286 g/mol. The Hall–Kier alpha value is -2.57. The van der Waals surface area contributed by atoms with E-state index in [1.165, 1.54) is 6.20 Å². The summed E-state index contributed by atoms with van der Waals surface area (Å²) in [5.74, 6) is 0.463. The van der Waals surface area contributed by atoms with Crippen molar-refractivity contribution in [3.05, 3.63) is 35.5 Å². The molecule has 2 N–H and O–H groups in total. The maximum Gasteiger partial charge on any atom is 0.278 e. The highest BCUT2D eigenvalue weighted by atomic mass is 16.2. The van der Waals surface area contributed by atoms with Crippen molar-refractivity contribution in [2.45, 2.75) is 27.2 Å². The molecular weight excluding hydrogens is 268 g/mol. The molecule has 21 heavy (non-hydrogen) atoms. The summed E-state index contributed by atoms with van der Waals surface area (Å²) in [5.41, 5.74) is 1.81. The van der Waals surface area contributed by atoms with Crippen molar-refractivity contribution in [3.8, 4) is 0 Å². The normalized spacial score (nSPS) is 10.2. The molecule has 0 aromatic carbocycles. The first-order valence-electron chi connectivity index (χ1n) is 6.78. The number of carbonyl (C=O) groups is 1. The van der Waals surface area contributed by atoms with Crippen molar-refractivity contribution < 1.29 is 4.79 Å². The maximum absolute atomic E-state index is 12.1. The van der Waals surface area contributed by atoms with Crippen LogP contribution in [-0.4, -0.2) is 32.4 Å². The quantitative estimate of drug-likeness (QED) is 0.872. The zero-order valence-electron chi connectivity index (χ0n) is 12.3. The van der Waals surface area contributed by atoms with Gasteiger partial charge in [-0.25, -0.2) is 15.0 Å². The van der Waals surface area contributed by atoms with Gasteiger partial charge in [-0.2, -0.15) is 0 Å². The summed E-state index contributed by atoms with van der Waals surface area (Å²) in [5, 5.41) is 5.72. The molecule has 0 unspecified atom stereocenters. The van der Waals surface area contributed by atoms with Crippen molar-refractivity contribution in [1.29, 1.82) is 0 Å². The van der Waals surface area contributed by atoms with Gasteiger partial charge in [-0.15, -0.1) is 0 Å². The number of carbonyl (C=O) groups excluding carboxylic acids is 1. The minimum absolute atomic E-state index is 0.221. The average Bonchev–Trinajstić information content (AvgIpc) is 2.44. The lowest BCUT2D eigenvalue weighted by Gasteiger charge is -2.07. The van der Waals surface area contributed by atoms with Gasteiger partial charge in [0, 0.05) is 17.9 Å². The Morgan fingerprint density at radius 2 is 1.86 bits per heavy atom. The zero-order valence-corrected chi connectivity index (χ0v) is 12.3. The fourth-order valence-electron chi connectivity index (χ4n) is 1.76. The Morgan fingerprint density at radius 1 is 1.14 bits per heavy atom. The van der Waals surface area contributed by atoms with Gasteiger partial charge in [-0.3, -0.25) is 15.1 Å². The van der Waals surface area contributed by atoms with Gasteiger partial charge in [0.1, 0.15) is 11.5 Å². The number of anilines is 2. The molecule has 1 amide bonds. The van der Waals surface area contributed by atoms with E-state index in [9.17, 15) is 4.79 Å². The molecule has 0 radical (unpaired) electrons. The molecule has 0 aliphatic rings. The molecule has 2 aromatic heterocycles. The van der Waals surface area contributed by atoms with Crippen LogP contribution in [0.4, 0.5) is 11.8 Å². The molecule has 7 heteroatoms. The summed E-state index contributed by atoms with van der Waals surface area (Å²) in [4.78, 5) is 28.7. The first-order chi connectivity index (χ1) is 10.1. The number of nitrogens with one attached hydrogen (secondary N) is 2. The molecule has 110 valence electrons. The topological polar surface area (TPSA) is 92.7 Å². The van der Waals surface area contributed by atoms with E-state index in [2.05, 4.69) is 30.6 Å². The largest absolute Gasteiger partial charge is 0.369 e. The van der Waals surface area contributed by atoms with Crippen molar-refractivity contribution in [3.63, 3.8) is 0 Å². The lowest BCUT2D eigenvalue weighted by atomic mass is 10.3. The van der Waals surface area contributed by atoms with Gasteiger partial charge in [0.25, 0.3) is 5.91 Å². The van der Waals surface area contributed by atoms with E-state index >= 15 is 0 Å². The van der Waals surface area contributed by atoms with E-state index in [-0.39, 0.29) is 17.5 Å². The Morgan fingerprint density at radius 3 is 2.52 bits per heavy atom. The third kappa shape index (κ3) is 4.20. The van der Waals surface area contributed by atoms with Crippen LogP contribution in [0.5, 0.6) is 0 Å². The predicted molar refractivity (Wildman–Crippen MR) is 80.3 cm³/mol. The molecule has 0 fully saturated rings. The number of aryl methyl sites for hydroxylation is 2. The summed E-state index contributed by atoms with van der Waals surface area (Å²) in [6.45, 7) is 6.52. The standard InChI is InChI=1S/C14H18N6O/c1-4-5-16-12-8-15-7-11(19-12)13(21)20-14-17-9(2)6-10(3)18-14/h6-8H,4-5H2,1-3H3,(H,16,19)(H,17,18,20,21). The third-order valence-electron chi connectivity index (χ3n) is 2.63. The summed E-state index contributed by atoms with van der Waals surface area (Å²) < 4.78 is 0. The molecule has 7 nitrogen and oxygen atoms in total. The molecule has 0 saturated carbocycles. The van der Waals surface area contributed by atoms with Crippen molar-refractivity contribution in [2.75, 3.05) is 17.2 Å². The second-order valence-electron chi connectivity index (χ2n) is 4.64. The summed E-state index contributed by atoms with van der Waals surface area (Å²) in [7, 11) is 0. The van der Waals surface area contributed by atoms with Gasteiger partial charge in [-0.1, -0.05) is 6.92 Å². The molecule has 0 atom stereocenters. The molecule has 2 rings (SSSR count). The average molecular weight is 286 g/mol.